The second kappa shape index (κ2) is 9.16. The van der Waals surface area contributed by atoms with E-state index < -0.39 is 29.0 Å². The van der Waals surface area contributed by atoms with Crippen molar-refractivity contribution < 1.29 is 29.0 Å². The third-order valence-corrected chi connectivity index (χ3v) is 6.84. The van der Waals surface area contributed by atoms with E-state index in [2.05, 4.69) is 25.9 Å². The molecule has 0 fully saturated rings. The number of fused-ring (bicyclic) bond motifs is 2. The van der Waals surface area contributed by atoms with Gasteiger partial charge in [-0.15, -0.1) is 0 Å². The number of carboxylic acid groups (broad SMARTS) is 1. The molecule has 9 heteroatoms. The Labute approximate surface area is 213 Å². The van der Waals surface area contributed by atoms with Gasteiger partial charge in [0, 0.05) is 50.2 Å². The summed E-state index contributed by atoms with van der Waals surface area (Å²) in [6, 6.07) is 10.9. The molecule has 5 rings (SSSR count). The molecular weight excluding hydrogens is 528 g/mol. The number of aromatic carboxylic acids is 1. The van der Waals surface area contributed by atoms with Crippen LogP contribution in [0, 0.1) is 5.92 Å². The SMILES string of the molecule is CC(C=O)CCc1cccc2c(C(=O)c3oc(C(=O)O)c(-c4c[nH]c5ccc(Br)cc45)c3O)c[nH]c12. The van der Waals surface area contributed by atoms with E-state index >= 15 is 0 Å². The molecule has 5 aromatic rings. The Hall–Kier alpha value is -4.11. The highest BCUT2D eigenvalue weighted by Crippen LogP contribution is 2.43. The van der Waals surface area contributed by atoms with Crippen molar-refractivity contribution in [3.05, 3.63) is 75.9 Å². The molecule has 0 spiro atoms. The highest BCUT2D eigenvalue weighted by molar-refractivity contribution is 9.10. The van der Waals surface area contributed by atoms with E-state index in [0.29, 0.717) is 29.2 Å². The zero-order chi connectivity index (χ0) is 25.6. The van der Waals surface area contributed by atoms with Crippen molar-refractivity contribution >= 4 is 55.8 Å². The lowest BCUT2D eigenvalue weighted by Crippen LogP contribution is -2.00. The number of ketones is 1. The molecule has 3 heterocycles. The molecule has 182 valence electrons. The molecule has 0 amide bonds. The molecule has 36 heavy (non-hydrogen) atoms. The van der Waals surface area contributed by atoms with Gasteiger partial charge in [-0.05, 0) is 36.6 Å². The number of carbonyl (C=O) groups is 3. The van der Waals surface area contributed by atoms with E-state index in [1.165, 1.54) is 6.20 Å². The molecule has 0 aliphatic heterocycles. The summed E-state index contributed by atoms with van der Waals surface area (Å²) in [5, 5.41) is 22.2. The summed E-state index contributed by atoms with van der Waals surface area (Å²) in [4.78, 5) is 42.7. The molecule has 0 aliphatic carbocycles. The maximum absolute atomic E-state index is 13.5. The maximum atomic E-state index is 13.5. The molecule has 0 radical (unpaired) electrons. The molecular formula is C27H21BrN2O6. The molecule has 0 aliphatic rings. The van der Waals surface area contributed by atoms with Gasteiger partial charge in [-0.3, -0.25) is 4.79 Å². The van der Waals surface area contributed by atoms with Crippen LogP contribution in [0.2, 0.25) is 0 Å². The fraction of sp³-hybridized carbons (Fsp3) is 0.148. The lowest BCUT2D eigenvalue weighted by molar-refractivity contribution is -0.110. The summed E-state index contributed by atoms with van der Waals surface area (Å²) in [7, 11) is 0. The van der Waals surface area contributed by atoms with Crippen LogP contribution in [0.3, 0.4) is 0 Å². The maximum Gasteiger partial charge on any atom is 0.372 e. The number of nitrogens with one attached hydrogen (secondary N) is 2. The van der Waals surface area contributed by atoms with Crippen LogP contribution < -0.4 is 0 Å². The van der Waals surface area contributed by atoms with Gasteiger partial charge in [0.05, 0.1) is 11.1 Å². The first kappa shape index (κ1) is 23.6. The smallest absolute Gasteiger partial charge is 0.372 e. The number of furan rings is 1. The van der Waals surface area contributed by atoms with Crippen LogP contribution in [0.5, 0.6) is 5.75 Å². The summed E-state index contributed by atoms with van der Waals surface area (Å²) in [6.45, 7) is 1.85. The van der Waals surface area contributed by atoms with E-state index in [0.717, 1.165) is 27.4 Å². The van der Waals surface area contributed by atoms with Gasteiger partial charge in [0.15, 0.2) is 5.75 Å². The number of benzene rings is 2. The van der Waals surface area contributed by atoms with Crippen LogP contribution in [0.15, 0.2) is 57.7 Å². The zero-order valence-corrected chi connectivity index (χ0v) is 20.7. The van der Waals surface area contributed by atoms with Crippen molar-refractivity contribution in [2.24, 2.45) is 5.92 Å². The van der Waals surface area contributed by atoms with E-state index in [1.54, 1.807) is 18.3 Å². The quantitative estimate of drug-likeness (QED) is 0.137. The lowest BCUT2D eigenvalue weighted by Gasteiger charge is -2.06. The van der Waals surface area contributed by atoms with Gasteiger partial charge >= 0.3 is 5.97 Å². The number of aromatic hydroxyl groups is 1. The van der Waals surface area contributed by atoms with Crippen molar-refractivity contribution in [3.63, 3.8) is 0 Å². The molecule has 8 nitrogen and oxygen atoms in total. The van der Waals surface area contributed by atoms with Crippen LogP contribution in [0.4, 0.5) is 0 Å². The Morgan fingerprint density at radius 1 is 1.11 bits per heavy atom. The normalized spacial score (nSPS) is 12.3. The third-order valence-electron chi connectivity index (χ3n) is 6.34. The van der Waals surface area contributed by atoms with Gasteiger partial charge in [-0.2, -0.15) is 0 Å². The van der Waals surface area contributed by atoms with Crippen LogP contribution in [-0.4, -0.2) is 38.2 Å². The second-order valence-electron chi connectivity index (χ2n) is 8.70. The first-order valence-corrected chi connectivity index (χ1v) is 12.0. The second-order valence-corrected chi connectivity index (χ2v) is 9.62. The van der Waals surface area contributed by atoms with Crippen molar-refractivity contribution in [2.45, 2.75) is 19.8 Å². The highest BCUT2D eigenvalue weighted by Gasteiger charge is 2.32. The molecule has 2 aromatic carbocycles. The molecule has 0 saturated heterocycles. The summed E-state index contributed by atoms with van der Waals surface area (Å²) < 4.78 is 6.26. The van der Waals surface area contributed by atoms with Crippen LogP contribution in [0.25, 0.3) is 32.9 Å². The average Bonchev–Trinajstić information content (AvgIpc) is 3.57. The van der Waals surface area contributed by atoms with Gasteiger partial charge in [-0.25, -0.2) is 4.79 Å². The van der Waals surface area contributed by atoms with Gasteiger partial charge in [0.2, 0.25) is 17.3 Å². The Kier molecular flexibility index (Phi) is 6.01. The first-order valence-electron chi connectivity index (χ1n) is 11.2. The van der Waals surface area contributed by atoms with Gasteiger partial charge < -0.3 is 29.4 Å². The number of para-hydroxylation sites is 1. The van der Waals surface area contributed by atoms with Crippen LogP contribution in [-0.2, 0) is 11.2 Å². The molecule has 3 aromatic heterocycles. The highest BCUT2D eigenvalue weighted by atomic mass is 79.9. The minimum Gasteiger partial charge on any atom is -0.504 e. The fourth-order valence-corrected chi connectivity index (χ4v) is 4.82. The van der Waals surface area contributed by atoms with Crippen molar-refractivity contribution in [1.82, 2.24) is 9.97 Å². The number of H-pyrrole nitrogens is 2. The number of halogens is 1. The number of aromatic amines is 2. The summed E-state index contributed by atoms with van der Waals surface area (Å²) in [6.07, 6.45) is 5.30. The number of hydrogen-bond donors (Lipinski definition) is 4. The van der Waals surface area contributed by atoms with Gasteiger partial charge in [0.1, 0.15) is 6.29 Å². The number of rotatable bonds is 8. The molecule has 4 N–H and O–H groups in total. The molecule has 1 unspecified atom stereocenters. The van der Waals surface area contributed by atoms with Crippen LogP contribution >= 0.6 is 15.9 Å². The third kappa shape index (κ3) is 3.91. The summed E-state index contributed by atoms with van der Waals surface area (Å²) in [5.41, 5.74) is 2.98. The van der Waals surface area contributed by atoms with E-state index in [4.69, 9.17) is 4.42 Å². The van der Waals surface area contributed by atoms with Gasteiger partial charge in [-0.1, -0.05) is 41.1 Å². The number of aromatic nitrogens is 2. The Morgan fingerprint density at radius 2 is 1.92 bits per heavy atom. The number of aldehydes is 1. The standard InChI is InChI=1S/C27H21BrN2O6/c1-13(12-31)5-6-14-3-2-4-16-19(11-30-22(14)16)23(32)26-24(33)21(25(36-26)27(34)35)18-10-29-20-8-7-15(28)9-17(18)20/h2-4,7-13,29-30,33H,5-6H2,1H3,(H,34,35). The van der Waals surface area contributed by atoms with E-state index in [-0.39, 0.29) is 17.0 Å². The fourth-order valence-electron chi connectivity index (χ4n) is 4.46. The Balaban J connectivity index is 1.61. The monoisotopic (exact) mass is 548 g/mol. The number of aryl methyl sites for hydroxylation is 1. The van der Waals surface area contributed by atoms with Crippen molar-refractivity contribution in [1.29, 1.82) is 0 Å². The topological polar surface area (TPSA) is 136 Å². The minimum absolute atomic E-state index is 0.0708. The first-order chi connectivity index (χ1) is 17.3. The lowest BCUT2D eigenvalue weighted by atomic mass is 9.98. The number of carboxylic acids is 1. The van der Waals surface area contributed by atoms with E-state index in [9.17, 15) is 24.6 Å². The predicted octanol–water partition coefficient (Wildman–Crippen LogP) is 6.07. The molecule has 1 atom stereocenters. The largest absolute Gasteiger partial charge is 0.504 e. The summed E-state index contributed by atoms with van der Waals surface area (Å²) >= 11 is 3.41. The molecule has 0 bridgehead atoms. The predicted molar refractivity (Wildman–Crippen MR) is 138 cm³/mol. The molecule has 0 saturated carbocycles. The Bertz CT molecular complexity index is 1660. The average molecular weight is 549 g/mol. The number of hydrogen-bond acceptors (Lipinski definition) is 5. The van der Waals surface area contributed by atoms with Crippen LogP contribution in [0.1, 0.15) is 45.6 Å². The zero-order valence-electron chi connectivity index (χ0n) is 19.1. The minimum atomic E-state index is -1.41. The van der Waals surface area contributed by atoms with Crippen molar-refractivity contribution in [2.75, 3.05) is 0 Å². The number of carbonyl (C=O) groups excluding carboxylic acids is 2. The van der Waals surface area contributed by atoms with Gasteiger partial charge in [0.25, 0.3) is 0 Å². The van der Waals surface area contributed by atoms with E-state index in [1.807, 2.05) is 31.2 Å². The van der Waals surface area contributed by atoms with Crippen molar-refractivity contribution in [3.8, 4) is 16.9 Å². The Morgan fingerprint density at radius 3 is 2.67 bits per heavy atom. The summed E-state index contributed by atoms with van der Waals surface area (Å²) in [5.74, 6) is -3.66.